The van der Waals surface area contributed by atoms with Crippen molar-refractivity contribution < 1.29 is 55.2 Å². The van der Waals surface area contributed by atoms with E-state index in [4.69, 9.17) is 0 Å². The molecule has 6 heavy (non-hydrogen) atoms. The van der Waals surface area contributed by atoms with Crippen LogP contribution in [0.5, 0.6) is 0 Å². The van der Waals surface area contributed by atoms with Gasteiger partial charge in [-0.2, -0.15) is 0 Å². The van der Waals surface area contributed by atoms with Crippen LogP contribution >= 0.6 is 0 Å². The second-order valence-electron chi connectivity index (χ2n) is 0. The molecule has 0 aliphatic carbocycles. The van der Waals surface area contributed by atoms with E-state index in [-0.39, 0.29) is 95.7 Å². The molecule has 6 heteroatoms. The molecule has 0 heterocycles. The van der Waals surface area contributed by atoms with Crippen LogP contribution in [-0.2, 0) is 95.7 Å². The van der Waals surface area contributed by atoms with Gasteiger partial charge in [0.25, 0.3) is 0 Å². The van der Waals surface area contributed by atoms with E-state index in [1.54, 1.807) is 0 Å². The maximum atomic E-state index is 0. The van der Waals surface area contributed by atoms with Gasteiger partial charge in [-0.05, 0) is 0 Å². The third-order valence-electron chi connectivity index (χ3n) is 0. The number of rotatable bonds is 0. The fraction of sp³-hybridized carbons (Fsp3) is 0. The van der Waals surface area contributed by atoms with Gasteiger partial charge in [-0.15, -0.1) is 0 Å². The van der Waals surface area contributed by atoms with Crippen molar-refractivity contribution in [2.75, 3.05) is 0 Å². The van der Waals surface area contributed by atoms with Crippen LogP contribution < -0.4 is 0 Å². The van der Waals surface area contributed by atoms with Crippen molar-refractivity contribution in [2.24, 2.45) is 0 Å². The van der Waals surface area contributed by atoms with Gasteiger partial charge < -0.3 is 40.5 Å². The van der Waals surface area contributed by atoms with E-state index < -0.39 is 0 Å². The molecule has 0 saturated heterocycles. The van der Waals surface area contributed by atoms with Crippen molar-refractivity contribution in [3.8, 4) is 0 Å². The zero-order valence-electron chi connectivity index (χ0n) is 2.29. The molecule has 0 bridgehead atoms. The van der Waals surface area contributed by atoms with Crippen molar-refractivity contribution in [2.45, 2.75) is 0 Å². The summed E-state index contributed by atoms with van der Waals surface area (Å²) in [6, 6.07) is 0. The Balaban J connectivity index is 0. The molecule has 0 aromatic carbocycles. The van der Waals surface area contributed by atoms with Gasteiger partial charge in [0, 0.05) is 55.2 Å². The third-order valence-corrected chi connectivity index (χ3v) is 0. The van der Waals surface area contributed by atoms with E-state index in [9.17, 15) is 0 Å². The predicted molar refractivity (Wildman–Crippen MR) is 22.1 cm³/mol. The van der Waals surface area contributed by atoms with Crippen LogP contribution in [-0.4, -0.2) is 0 Å². The van der Waals surface area contributed by atoms with Crippen LogP contribution in [0.25, 0.3) is 0 Å². The van der Waals surface area contributed by atoms with Gasteiger partial charge in [-0.3, -0.25) is 0 Å². The quantitative estimate of drug-likeness (QED) is 0.552. The molecule has 1 radical (unpaired) electrons. The molecule has 0 N–H and O–H groups in total. The molecule has 0 aliphatic heterocycles. The summed E-state index contributed by atoms with van der Waals surface area (Å²) < 4.78 is 0. The molecule has 0 amide bonds. The first kappa shape index (κ1) is 68.8. The van der Waals surface area contributed by atoms with Crippen LogP contribution in [0, 0.1) is 0 Å². The van der Waals surface area contributed by atoms with E-state index in [1.807, 2.05) is 0 Å². The Hall–Kier alpha value is 2.78. The second kappa shape index (κ2) is 46.3. The fourth-order valence-corrected chi connectivity index (χ4v) is 0. The molecule has 0 aromatic heterocycles. The summed E-state index contributed by atoms with van der Waals surface area (Å²) >= 11 is 0. The molecule has 0 aliphatic rings. The largest absolute Gasteiger partial charge is 2.00 e. The minimum absolute atomic E-state index is 0. The van der Waals surface area contributed by atoms with E-state index in [0.29, 0.717) is 0 Å². The monoisotopic (exact) mass is 313 g/mol. The Labute approximate surface area is 94.5 Å². The molecule has 0 fully saturated rings. The molecule has 0 aromatic rings. The molecule has 0 spiro atoms. The summed E-state index contributed by atoms with van der Waals surface area (Å²) in [6.45, 7) is 0. The Kier molecular flexibility index (Phi) is 531. The average molecular weight is 312 g/mol. The van der Waals surface area contributed by atoms with Crippen molar-refractivity contribution in [1.29, 1.82) is 0 Å². The summed E-state index contributed by atoms with van der Waals surface area (Å²) in [6.07, 6.45) is 0. The number of hydrogen-bond acceptors (Lipinski definition) is 0. The van der Waals surface area contributed by atoms with E-state index in [0.717, 1.165) is 0 Å². The molecule has 0 saturated carbocycles. The number of hydrogen-bond donors (Lipinski definition) is 0. The predicted octanol–water partition coefficient (Wildman–Crippen LogP) is -0.0147. The standard InChI is InChI=1S/Cu.Fe.Mo.3S/q;;;3*-2. The molecule has 0 atom stereocenters. The van der Waals surface area contributed by atoms with Gasteiger partial charge in [0.1, 0.15) is 0 Å². The fourth-order valence-electron chi connectivity index (χ4n) is 0. The first-order chi connectivity index (χ1) is 0. The molecular formula is CuFeMoS3-6. The Bertz CT molecular complexity index is 10.8. The SMILES string of the molecule is [Cu].[Fe].[Mo].[S-2].[S-2].[S-2]. The Morgan fingerprint density at radius 1 is 0.667 bits per heavy atom. The average Bonchev–Trinajstić information content (AvgIpc) is 0. The van der Waals surface area contributed by atoms with E-state index in [1.165, 1.54) is 0 Å². The van der Waals surface area contributed by atoms with E-state index in [2.05, 4.69) is 0 Å². The third kappa shape index (κ3) is 29.3. The molecule has 0 rings (SSSR count). The first-order valence-corrected chi connectivity index (χ1v) is 0. The van der Waals surface area contributed by atoms with Crippen LogP contribution in [0.2, 0.25) is 0 Å². The van der Waals surface area contributed by atoms with Gasteiger partial charge in [-0.1, -0.05) is 0 Å². The summed E-state index contributed by atoms with van der Waals surface area (Å²) in [5.74, 6) is 0. The minimum atomic E-state index is 0. The van der Waals surface area contributed by atoms with Crippen LogP contribution in [0.3, 0.4) is 0 Å². The van der Waals surface area contributed by atoms with Crippen molar-refractivity contribution in [3.05, 3.63) is 0 Å². The minimum Gasteiger partial charge on any atom is -2.00 e. The van der Waals surface area contributed by atoms with E-state index >= 15 is 0 Å². The summed E-state index contributed by atoms with van der Waals surface area (Å²) in [5.41, 5.74) is 0. The Morgan fingerprint density at radius 2 is 0.667 bits per heavy atom. The van der Waals surface area contributed by atoms with Gasteiger partial charge in [0.05, 0.1) is 0 Å². The smallest absolute Gasteiger partial charge is 0 e. The van der Waals surface area contributed by atoms with Crippen molar-refractivity contribution in [3.63, 3.8) is 0 Å². The van der Waals surface area contributed by atoms with Crippen molar-refractivity contribution >= 4 is 40.5 Å². The molecule has 0 nitrogen and oxygen atoms in total. The maximum Gasteiger partial charge on any atom is 0 e. The zero-order chi connectivity index (χ0) is 0. The molecule has 49 valence electrons. The first-order valence-electron chi connectivity index (χ1n) is 0. The van der Waals surface area contributed by atoms with Crippen LogP contribution in [0.15, 0.2) is 0 Å². The van der Waals surface area contributed by atoms with Gasteiger partial charge in [-0.25, -0.2) is 0 Å². The zero-order valence-corrected chi connectivity index (χ0v) is 8.79. The summed E-state index contributed by atoms with van der Waals surface area (Å²) in [5, 5.41) is 0. The van der Waals surface area contributed by atoms with Crippen LogP contribution in [0.4, 0.5) is 0 Å². The van der Waals surface area contributed by atoms with Gasteiger partial charge >= 0.3 is 0 Å². The molecule has 0 unspecified atom stereocenters. The maximum absolute atomic E-state index is 0. The van der Waals surface area contributed by atoms with Gasteiger partial charge in [0.15, 0.2) is 0 Å². The molecular weight excluding hydrogens is 312 g/mol. The second-order valence-corrected chi connectivity index (χ2v) is 0. The van der Waals surface area contributed by atoms with Crippen LogP contribution in [0.1, 0.15) is 0 Å². The Morgan fingerprint density at radius 3 is 0.667 bits per heavy atom. The summed E-state index contributed by atoms with van der Waals surface area (Å²) in [4.78, 5) is 0. The van der Waals surface area contributed by atoms with Crippen molar-refractivity contribution in [1.82, 2.24) is 0 Å². The normalized spacial score (nSPS) is 0. The van der Waals surface area contributed by atoms with Gasteiger partial charge in [0.2, 0.25) is 0 Å². The summed E-state index contributed by atoms with van der Waals surface area (Å²) in [7, 11) is 0. The topological polar surface area (TPSA) is 0 Å².